The number of hydrogen-bond donors (Lipinski definition) is 9. The third-order valence-electron chi connectivity index (χ3n) is 19.6. The van der Waals surface area contributed by atoms with Crippen LogP contribution in [0.4, 0.5) is 0 Å². The third-order valence-corrected chi connectivity index (χ3v) is 19.6. The molecule has 14 heteroatoms. The van der Waals surface area contributed by atoms with Crippen LogP contribution in [0.15, 0.2) is 134 Å². The number of ether oxygens (including phenoxy) is 4. The van der Waals surface area contributed by atoms with Gasteiger partial charge in [0.05, 0.1) is 32.0 Å². The minimum Gasteiger partial charge on any atom is -0.394 e. The number of carbonyl (C=O) groups excluding carboxylic acids is 1. The Kier molecular flexibility index (Phi) is 65.7. The topological polar surface area (TPSA) is 228 Å². The summed E-state index contributed by atoms with van der Waals surface area (Å²) in [5.74, 6) is -0.226. The Labute approximate surface area is 628 Å². The van der Waals surface area contributed by atoms with Crippen molar-refractivity contribution in [3.63, 3.8) is 0 Å². The molecule has 0 radical (unpaired) electrons. The smallest absolute Gasteiger partial charge is 0.220 e. The molecule has 592 valence electrons. The van der Waals surface area contributed by atoms with Crippen LogP contribution < -0.4 is 5.32 Å². The predicted molar refractivity (Wildman–Crippen MR) is 428 cm³/mol. The maximum absolute atomic E-state index is 13.4. The highest BCUT2D eigenvalue weighted by Gasteiger charge is 2.51. The van der Waals surface area contributed by atoms with Crippen LogP contribution in [0.2, 0.25) is 0 Å². The molecule has 12 unspecified atom stereocenters. The lowest BCUT2D eigenvalue weighted by atomic mass is 9.97. The lowest BCUT2D eigenvalue weighted by molar-refractivity contribution is -0.359. The van der Waals surface area contributed by atoms with Crippen LogP contribution >= 0.6 is 0 Å². The summed E-state index contributed by atoms with van der Waals surface area (Å²) < 4.78 is 23.0. The number of aliphatic hydroxyl groups excluding tert-OH is 8. The lowest BCUT2D eigenvalue weighted by Crippen LogP contribution is -2.65. The number of hydrogen-bond acceptors (Lipinski definition) is 13. The van der Waals surface area contributed by atoms with E-state index in [2.05, 4.69) is 153 Å². The van der Waals surface area contributed by atoms with Crippen LogP contribution in [-0.4, -0.2) is 140 Å². The van der Waals surface area contributed by atoms with Crippen LogP contribution in [0.5, 0.6) is 0 Å². The number of nitrogens with one attached hydrogen (secondary N) is 1. The van der Waals surface area contributed by atoms with E-state index < -0.39 is 86.8 Å². The van der Waals surface area contributed by atoms with Crippen molar-refractivity contribution in [2.45, 2.75) is 402 Å². The Balaban J connectivity index is 1.63. The molecule has 0 spiro atoms. The molecule has 14 nitrogen and oxygen atoms in total. The van der Waals surface area contributed by atoms with Gasteiger partial charge in [0.15, 0.2) is 12.6 Å². The normalized spacial score (nSPS) is 22.3. The maximum atomic E-state index is 13.4. The predicted octanol–water partition coefficient (Wildman–Crippen LogP) is 19.7. The van der Waals surface area contributed by atoms with E-state index in [-0.39, 0.29) is 18.9 Å². The fourth-order valence-electron chi connectivity index (χ4n) is 13.1. The van der Waals surface area contributed by atoms with Gasteiger partial charge in [0, 0.05) is 6.42 Å². The summed E-state index contributed by atoms with van der Waals surface area (Å²) in [4.78, 5) is 13.4. The highest BCUT2D eigenvalue weighted by atomic mass is 16.7. The van der Waals surface area contributed by atoms with Crippen LogP contribution in [-0.2, 0) is 23.7 Å². The van der Waals surface area contributed by atoms with Gasteiger partial charge in [0.1, 0.15) is 48.8 Å². The van der Waals surface area contributed by atoms with Gasteiger partial charge in [-0.25, -0.2) is 0 Å². The van der Waals surface area contributed by atoms with Gasteiger partial charge in [0.25, 0.3) is 0 Å². The first-order chi connectivity index (χ1) is 50.6. The second kappa shape index (κ2) is 71.1. The monoisotopic (exact) mass is 1440 g/mol. The van der Waals surface area contributed by atoms with Crippen molar-refractivity contribution in [2.24, 2.45) is 0 Å². The molecule has 0 aliphatic carbocycles. The van der Waals surface area contributed by atoms with Gasteiger partial charge in [-0.1, -0.05) is 359 Å². The molecule has 0 saturated carbocycles. The summed E-state index contributed by atoms with van der Waals surface area (Å²) >= 11 is 0. The van der Waals surface area contributed by atoms with E-state index in [0.717, 1.165) is 128 Å². The summed E-state index contributed by atoms with van der Waals surface area (Å²) in [5, 5.41) is 87.9. The fourth-order valence-corrected chi connectivity index (χ4v) is 13.1. The van der Waals surface area contributed by atoms with Crippen molar-refractivity contribution in [1.82, 2.24) is 5.32 Å². The van der Waals surface area contributed by atoms with Gasteiger partial charge in [-0.05, 0) is 96.3 Å². The Bertz CT molecular complexity index is 2250. The number of unbranched alkanes of at least 4 members (excludes halogenated alkanes) is 34. The molecule has 2 fully saturated rings. The number of allylic oxidation sites excluding steroid dienone is 22. The molecule has 2 heterocycles. The Morgan fingerprint density at radius 2 is 0.670 bits per heavy atom. The highest BCUT2D eigenvalue weighted by Crippen LogP contribution is 2.30. The Hall–Kier alpha value is -3.87. The molecule has 2 aliphatic rings. The zero-order valence-electron chi connectivity index (χ0n) is 65.0. The van der Waals surface area contributed by atoms with E-state index in [1.54, 1.807) is 0 Å². The zero-order chi connectivity index (χ0) is 74.4. The summed E-state index contributed by atoms with van der Waals surface area (Å²) in [6.45, 7) is 2.77. The van der Waals surface area contributed by atoms with Gasteiger partial charge in [-0.3, -0.25) is 4.79 Å². The van der Waals surface area contributed by atoms with E-state index >= 15 is 0 Å². The van der Waals surface area contributed by atoms with Gasteiger partial charge in [0.2, 0.25) is 5.91 Å². The fraction of sp³-hybridized carbons (Fsp3) is 0.742. The molecule has 2 saturated heterocycles. The van der Waals surface area contributed by atoms with Crippen molar-refractivity contribution in [3.05, 3.63) is 134 Å². The summed E-state index contributed by atoms with van der Waals surface area (Å²) in [6.07, 6.45) is 89.2. The number of rotatable bonds is 69. The molecular formula is C89H153NO13. The van der Waals surface area contributed by atoms with Gasteiger partial charge in [-0.15, -0.1) is 0 Å². The molecular weight excluding hydrogens is 1290 g/mol. The number of carbonyl (C=O) groups is 1. The largest absolute Gasteiger partial charge is 0.394 e. The highest BCUT2D eigenvalue weighted by molar-refractivity contribution is 5.76. The lowest BCUT2D eigenvalue weighted by Gasteiger charge is -2.46. The van der Waals surface area contributed by atoms with Gasteiger partial charge in [-0.2, -0.15) is 0 Å². The van der Waals surface area contributed by atoms with E-state index in [1.807, 2.05) is 0 Å². The molecule has 12 atom stereocenters. The first-order valence-electron chi connectivity index (χ1n) is 41.9. The van der Waals surface area contributed by atoms with E-state index in [4.69, 9.17) is 18.9 Å². The molecule has 9 N–H and O–H groups in total. The van der Waals surface area contributed by atoms with Crippen molar-refractivity contribution in [1.29, 1.82) is 0 Å². The Morgan fingerprint density at radius 1 is 0.359 bits per heavy atom. The van der Waals surface area contributed by atoms with Crippen LogP contribution in [0.1, 0.15) is 328 Å². The molecule has 1 amide bonds. The van der Waals surface area contributed by atoms with Crippen LogP contribution in [0.3, 0.4) is 0 Å². The summed E-state index contributed by atoms with van der Waals surface area (Å²) in [5.41, 5.74) is 0. The molecule has 2 aliphatic heterocycles. The summed E-state index contributed by atoms with van der Waals surface area (Å²) in [7, 11) is 0. The van der Waals surface area contributed by atoms with E-state index in [0.29, 0.717) is 12.8 Å². The molecule has 0 aromatic carbocycles. The van der Waals surface area contributed by atoms with E-state index in [9.17, 15) is 45.6 Å². The van der Waals surface area contributed by atoms with Crippen molar-refractivity contribution in [2.75, 3.05) is 19.8 Å². The summed E-state index contributed by atoms with van der Waals surface area (Å²) in [6, 6.07) is -0.852. The van der Waals surface area contributed by atoms with Crippen molar-refractivity contribution >= 4 is 5.91 Å². The standard InChI is InChI=1S/C89H153NO13/c1-3-5-7-9-11-13-15-17-19-21-23-25-27-29-31-33-35-36-37-38-39-40-41-42-43-45-47-49-51-53-55-57-59-61-63-65-67-69-71-73-81(94)90-77(76-100-88-86(99)84(97)87(80(75-92)102-88)103-89-85(98)83(96)82(95)79(74-91)101-89)78(93)72-70-68-66-64-62-60-58-56-54-52-50-48-46-44-34-32-30-28-26-24-22-20-18-16-14-12-10-8-6-4-2/h5,7,11,13,17,19,23,25,29,31,35-36,38-39,41-42,45,47,51,53,57,59,77-80,82-89,91-93,95-99H,3-4,6,8-10,12,14-16,18,20-22,24,26-28,30,32-34,37,40,43-44,46,48-50,52,54-56,58,60-76H2,1-2H3,(H,90,94)/b7-5-,13-11-,19-17-,25-23-,31-29-,36-35-,39-38-,42-41-,47-45-,53-51-,59-57-. The quantitative estimate of drug-likeness (QED) is 0.0204. The minimum absolute atomic E-state index is 0.226. The van der Waals surface area contributed by atoms with Crippen LogP contribution in [0.25, 0.3) is 0 Å². The maximum Gasteiger partial charge on any atom is 0.220 e. The number of amides is 1. The van der Waals surface area contributed by atoms with Crippen LogP contribution in [0, 0.1) is 0 Å². The van der Waals surface area contributed by atoms with Crippen molar-refractivity contribution < 1.29 is 64.6 Å². The van der Waals surface area contributed by atoms with Gasteiger partial charge >= 0.3 is 0 Å². The second-order valence-corrected chi connectivity index (χ2v) is 28.9. The first-order valence-corrected chi connectivity index (χ1v) is 41.9. The minimum atomic E-state index is -1.79. The zero-order valence-corrected chi connectivity index (χ0v) is 65.0. The third kappa shape index (κ3) is 53.6. The average Bonchev–Trinajstić information content (AvgIpc) is 0.791. The molecule has 0 bridgehead atoms. The molecule has 0 aromatic rings. The van der Waals surface area contributed by atoms with Gasteiger partial charge < -0.3 is 65.1 Å². The second-order valence-electron chi connectivity index (χ2n) is 28.9. The molecule has 103 heavy (non-hydrogen) atoms. The SMILES string of the molecule is CC/C=C\C/C=C\C/C=C\C/C=C\C/C=C\C/C=C\C/C=C\C/C=C\C/C=C\C/C=C\C/C=C\CCCCCCCC(=O)NC(COC1OC(CO)C(OC2OC(CO)C(O)C(O)C2O)C(O)C1O)C(O)CCCCCCCCCCCCCCCCCCCCCCCCCCCCCCCC. The molecule has 0 aromatic heterocycles. The van der Waals surface area contributed by atoms with Crippen molar-refractivity contribution in [3.8, 4) is 0 Å². The first kappa shape index (κ1) is 95.2. The average molecular weight is 1450 g/mol. The number of aliphatic hydroxyl groups is 8. The molecule has 2 rings (SSSR count). The van der Waals surface area contributed by atoms with E-state index in [1.165, 1.54) is 167 Å². The Morgan fingerprint density at radius 3 is 1.03 bits per heavy atom.